The first-order valence-electron chi connectivity index (χ1n) is 9.55. The van der Waals surface area contributed by atoms with E-state index in [1.165, 1.54) is 11.1 Å². The molecule has 2 heterocycles. The number of rotatable bonds is 3. The highest BCUT2D eigenvalue weighted by Crippen LogP contribution is 2.31. The lowest BCUT2D eigenvalue weighted by Crippen LogP contribution is -2.37. The van der Waals surface area contributed by atoms with Gasteiger partial charge < -0.3 is 4.90 Å². The van der Waals surface area contributed by atoms with Crippen LogP contribution in [0.3, 0.4) is 0 Å². The predicted octanol–water partition coefficient (Wildman–Crippen LogP) is 4.32. The van der Waals surface area contributed by atoms with E-state index in [0.29, 0.717) is 6.42 Å². The Kier molecular flexibility index (Phi) is 4.56. The Balaban J connectivity index is 1.65. The first kappa shape index (κ1) is 17.5. The molecule has 0 radical (unpaired) electrons. The smallest absolute Gasteiger partial charge is 0.231 e. The maximum atomic E-state index is 13.2. The van der Waals surface area contributed by atoms with E-state index in [4.69, 9.17) is 0 Å². The maximum Gasteiger partial charge on any atom is 0.231 e. The number of carbonyl (C=O) groups is 1. The third-order valence-corrected chi connectivity index (χ3v) is 5.49. The van der Waals surface area contributed by atoms with Crippen LogP contribution in [0.4, 0.5) is 5.69 Å². The Hall–Kier alpha value is -2.88. The zero-order valence-electron chi connectivity index (χ0n) is 16.2. The third-order valence-electron chi connectivity index (χ3n) is 5.49. The number of fused-ring (bicyclic) bond motifs is 1. The number of amides is 1. The second-order valence-electron chi connectivity index (χ2n) is 7.31. The lowest BCUT2D eigenvalue weighted by Gasteiger charge is -2.31. The molecule has 138 valence electrons. The van der Waals surface area contributed by atoms with E-state index in [1.54, 1.807) is 0 Å². The molecule has 3 aromatic rings. The minimum absolute atomic E-state index is 0.157. The summed E-state index contributed by atoms with van der Waals surface area (Å²) in [6, 6.07) is 16.4. The number of benzene rings is 2. The van der Waals surface area contributed by atoms with E-state index >= 15 is 0 Å². The van der Waals surface area contributed by atoms with Crippen molar-refractivity contribution in [1.29, 1.82) is 0 Å². The molecule has 4 rings (SSSR count). The van der Waals surface area contributed by atoms with Crippen LogP contribution in [0.5, 0.6) is 0 Å². The molecule has 0 saturated carbocycles. The summed E-state index contributed by atoms with van der Waals surface area (Å²) in [5, 5.41) is 4.69. The fourth-order valence-electron chi connectivity index (χ4n) is 4.09. The summed E-state index contributed by atoms with van der Waals surface area (Å²) < 4.78 is 1.94. The van der Waals surface area contributed by atoms with Gasteiger partial charge in [-0.25, -0.2) is 4.68 Å². The van der Waals surface area contributed by atoms with Crippen LogP contribution < -0.4 is 4.90 Å². The summed E-state index contributed by atoms with van der Waals surface area (Å²) in [6.45, 7) is 6.92. The van der Waals surface area contributed by atoms with Gasteiger partial charge in [0, 0.05) is 23.5 Å². The molecular formula is C23H25N3O. The molecule has 0 N–H and O–H groups in total. The van der Waals surface area contributed by atoms with E-state index in [1.807, 2.05) is 53.8 Å². The Morgan fingerprint density at radius 1 is 1.04 bits per heavy atom. The molecule has 27 heavy (non-hydrogen) atoms. The molecule has 0 spiro atoms. The van der Waals surface area contributed by atoms with Gasteiger partial charge in [0.2, 0.25) is 5.91 Å². The molecule has 0 bridgehead atoms. The summed E-state index contributed by atoms with van der Waals surface area (Å²) >= 11 is 0. The van der Waals surface area contributed by atoms with Crippen LogP contribution >= 0.6 is 0 Å². The van der Waals surface area contributed by atoms with Crippen molar-refractivity contribution < 1.29 is 4.79 Å². The highest BCUT2D eigenvalue weighted by atomic mass is 16.2. The summed E-state index contributed by atoms with van der Waals surface area (Å²) in [7, 11) is 0. The van der Waals surface area contributed by atoms with Gasteiger partial charge in [0.05, 0.1) is 17.8 Å². The number of nitrogens with zero attached hydrogens (tertiary/aromatic N) is 3. The van der Waals surface area contributed by atoms with Crippen LogP contribution in [-0.2, 0) is 17.6 Å². The highest BCUT2D eigenvalue weighted by molar-refractivity contribution is 5.97. The molecule has 0 atom stereocenters. The zero-order chi connectivity index (χ0) is 19.0. The van der Waals surface area contributed by atoms with Crippen LogP contribution in [0, 0.1) is 20.8 Å². The number of aryl methyl sites for hydroxylation is 3. The van der Waals surface area contributed by atoms with E-state index in [2.05, 4.69) is 30.2 Å². The molecule has 0 fully saturated rings. The SMILES string of the molecule is Cc1cccc2c1N(C(=O)Cc1c(C)nn(-c3ccccc3)c1C)CCC2. The quantitative estimate of drug-likeness (QED) is 0.698. The van der Waals surface area contributed by atoms with Gasteiger partial charge in [-0.2, -0.15) is 5.10 Å². The lowest BCUT2D eigenvalue weighted by atomic mass is 9.97. The molecular weight excluding hydrogens is 334 g/mol. The van der Waals surface area contributed by atoms with Crippen molar-refractivity contribution in [2.24, 2.45) is 0 Å². The predicted molar refractivity (Wildman–Crippen MR) is 109 cm³/mol. The van der Waals surface area contributed by atoms with Gasteiger partial charge in [0.25, 0.3) is 0 Å². The van der Waals surface area contributed by atoms with Crippen LogP contribution in [0.15, 0.2) is 48.5 Å². The van der Waals surface area contributed by atoms with Gasteiger partial charge in [-0.15, -0.1) is 0 Å². The van der Waals surface area contributed by atoms with Gasteiger partial charge in [-0.1, -0.05) is 36.4 Å². The van der Waals surface area contributed by atoms with Crippen LogP contribution in [0.2, 0.25) is 0 Å². The number of carbonyl (C=O) groups excluding carboxylic acids is 1. The molecule has 1 amide bonds. The third kappa shape index (κ3) is 3.16. The van der Waals surface area contributed by atoms with Gasteiger partial charge >= 0.3 is 0 Å². The molecule has 1 aliphatic heterocycles. The van der Waals surface area contributed by atoms with Crippen LogP contribution in [-0.4, -0.2) is 22.2 Å². The lowest BCUT2D eigenvalue weighted by molar-refractivity contribution is -0.118. The second kappa shape index (κ2) is 7.03. The second-order valence-corrected chi connectivity index (χ2v) is 7.31. The Morgan fingerprint density at radius 3 is 2.59 bits per heavy atom. The van der Waals surface area contributed by atoms with E-state index in [0.717, 1.165) is 47.7 Å². The van der Waals surface area contributed by atoms with Crippen molar-refractivity contribution in [1.82, 2.24) is 9.78 Å². The fraction of sp³-hybridized carbons (Fsp3) is 0.304. The minimum Gasteiger partial charge on any atom is -0.312 e. The molecule has 0 aliphatic carbocycles. The van der Waals surface area contributed by atoms with Gasteiger partial charge in [0.15, 0.2) is 0 Å². The van der Waals surface area contributed by atoms with Crippen molar-refractivity contribution in [3.05, 3.63) is 76.6 Å². The fourth-order valence-corrected chi connectivity index (χ4v) is 4.09. The standard InChI is InChI=1S/C23H25N3O/c1-16-9-7-10-19-11-8-14-25(23(16)19)22(27)15-21-17(2)24-26(18(21)3)20-12-5-4-6-13-20/h4-7,9-10,12-13H,8,11,14-15H2,1-3H3. The minimum atomic E-state index is 0.157. The number of anilines is 1. The summed E-state index contributed by atoms with van der Waals surface area (Å²) in [5.41, 5.74) is 7.58. The Morgan fingerprint density at radius 2 is 1.81 bits per heavy atom. The average molecular weight is 359 g/mol. The molecule has 0 saturated heterocycles. The van der Waals surface area contributed by atoms with Crippen molar-refractivity contribution in [2.45, 2.75) is 40.0 Å². The number of hydrogen-bond donors (Lipinski definition) is 0. The average Bonchev–Trinajstić information content (AvgIpc) is 2.96. The van der Waals surface area contributed by atoms with E-state index in [9.17, 15) is 4.79 Å². The maximum absolute atomic E-state index is 13.2. The summed E-state index contributed by atoms with van der Waals surface area (Å²) in [6.07, 6.45) is 2.45. The first-order chi connectivity index (χ1) is 13.1. The van der Waals surface area contributed by atoms with Gasteiger partial charge in [0.1, 0.15) is 0 Å². The van der Waals surface area contributed by atoms with Crippen molar-refractivity contribution in [3.63, 3.8) is 0 Å². The first-order valence-corrected chi connectivity index (χ1v) is 9.55. The number of para-hydroxylation sites is 2. The highest BCUT2D eigenvalue weighted by Gasteiger charge is 2.26. The normalized spacial score (nSPS) is 13.5. The van der Waals surface area contributed by atoms with Crippen molar-refractivity contribution in [3.8, 4) is 5.69 Å². The molecule has 4 heteroatoms. The zero-order valence-corrected chi connectivity index (χ0v) is 16.2. The molecule has 2 aromatic carbocycles. The molecule has 1 aliphatic rings. The van der Waals surface area contributed by atoms with E-state index < -0.39 is 0 Å². The van der Waals surface area contributed by atoms with Crippen LogP contribution in [0.25, 0.3) is 5.69 Å². The van der Waals surface area contributed by atoms with Crippen molar-refractivity contribution in [2.75, 3.05) is 11.4 Å². The van der Waals surface area contributed by atoms with E-state index in [-0.39, 0.29) is 5.91 Å². The largest absolute Gasteiger partial charge is 0.312 e. The Labute approximate surface area is 160 Å². The Bertz CT molecular complexity index is 988. The summed E-state index contributed by atoms with van der Waals surface area (Å²) in [5.74, 6) is 0.157. The topological polar surface area (TPSA) is 38.1 Å². The summed E-state index contributed by atoms with van der Waals surface area (Å²) in [4.78, 5) is 15.2. The molecule has 0 unspecified atom stereocenters. The van der Waals surface area contributed by atoms with Crippen LogP contribution in [0.1, 0.15) is 34.5 Å². The van der Waals surface area contributed by atoms with Crippen molar-refractivity contribution >= 4 is 11.6 Å². The van der Waals surface area contributed by atoms with Gasteiger partial charge in [-0.05, 0) is 56.9 Å². The van der Waals surface area contributed by atoms with Gasteiger partial charge in [-0.3, -0.25) is 4.79 Å². The molecule has 1 aromatic heterocycles. The molecule has 4 nitrogen and oxygen atoms in total. The number of hydrogen-bond acceptors (Lipinski definition) is 2. The number of aromatic nitrogens is 2. The monoisotopic (exact) mass is 359 g/mol.